The fourth-order valence-corrected chi connectivity index (χ4v) is 7.37. The third kappa shape index (κ3) is 15.4. The van der Waals surface area contributed by atoms with E-state index in [4.69, 9.17) is 9.47 Å². The van der Waals surface area contributed by atoms with Gasteiger partial charge >= 0.3 is 18.1 Å². The Morgan fingerprint density at radius 1 is 0.556 bits per heavy atom. The van der Waals surface area contributed by atoms with Crippen LogP contribution in [0.1, 0.15) is 59.9 Å². The summed E-state index contributed by atoms with van der Waals surface area (Å²) in [6.45, 7) is 10.1. The van der Waals surface area contributed by atoms with Gasteiger partial charge in [-0.1, -0.05) is 76.6 Å². The lowest BCUT2D eigenvalue weighted by atomic mass is 10.0. The molecule has 0 saturated heterocycles. The molecule has 0 bridgehead atoms. The van der Waals surface area contributed by atoms with Crippen LogP contribution in [0.3, 0.4) is 0 Å². The monoisotopic (exact) mass is 852 g/mol. The summed E-state index contributed by atoms with van der Waals surface area (Å²) in [6.07, 6.45) is -4.59. The van der Waals surface area contributed by atoms with Crippen LogP contribution in [-0.2, 0) is 45.2 Å². The first-order chi connectivity index (χ1) is 24.8. The SMILES string of the molecule is CC(C)(C)OC(=O)CS(=O)(=O)c1ccc(-c2ccc(Br)cc2)cc1.CC(C)(C)OC(=O)CS(=O)(=O)c1ccc(-c2ccc(CCCC(F)(F)F)cc2)cc1. The van der Waals surface area contributed by atoms with Crippen LogP contribution in [-0.4, -0.2) is 57.7 Å². The highest BCUT2D eigenvalue weighted by Crippen LogP contribution is 2.26. The minimum Gasteiger partial charge on any atom is -0.459 e. The van der Waals surface area contributed by atoms with E-state index < -0.39 is 66.9 Å². The Morgan fingerprint density at radius 3 is 1.19 bits per heavy atom. The topological polar surface area (TPSA) is 121 Å². The fourth-order valence-electron chi connectivity index (χ4n) is 4.93. The number of carbonyl (C=O) groups excluding carboxylic acids is 2. The molecule has 0 aliphatic carbocycles. The molecule has 4 rings (SSSR count). The molecule has 292 valence electrons. The number of halogens is 4. The summed E-state index contributed by atoms with van der Waals surface area (Å²) < 4.78 is 97.3. The number of aryl methyl sites for hydroxylation is 1. The maximum Gasteiger partial charge on any atom is 0.389 e. The van der Waals surface area contributed by atoms with E-state index in [1.165, 1.54) is 24.3 Å². The van der Waals surface area contributed by atoms with Crippen molar-refractivity contribution in [3.05, 3.63) is 107 Å². The minimum atomic E-state index is -4.15. The first-order valence-electron chi connectivity index (χ1n) is 16.8. The molecule has 0 aliphatic heterocycles. The van der Waals surface area contributed by atoms with Crippen LogP contribution in [0.2, 0.25) is 0 Å². The van der Waals surface area contributed by atoms with E-state index in [2.05, 4.69) is 15.9 Å². The van der Waals surface area contributed by atoms with Crippen molar-refractivity contribution in [3.8, 4) is 22.3 Å². The zero-order valence-electron chi connectivity index (χ0n) is 30.9. The predicted octanol–water partition coefficient (Wildman–Crippen LogP) is 9.59. The lowest BCUT2D eigenvalue weighted by molar-refractivity contribution is -0.152. The van der Waals surface area contributed by atoms with Gasteiger partial charge in [-0.3, -0.25) is 9.59 Å². The number of hydrogen-bond acceptors (Lipinski definition) is 8. The molecule has 0 amide bonds. The third-order valence-corrected chi connectivity index (χ3v) is 11.0. The van der Waals surface area contributed by atoms with Gasteiger partial charge in [0.2, 0.25) is 0 Å². The average molecular weight is 854 g/mol. The van der Waals surface area contributed by atoms with E-state index in [1.54, 1.807) is 90.1 Å². The Kier molecular flexibility index (Phi) is 14.9. The quantitative estimate of drug-likeness (QED) is 0.137. The van der Waals surface area contributed by atoms with Gasteiger partial charge in [-0.2, -0.15) is 13.2 Å². The standard InChI is InChI=1S/C22H25F3O4S.C18H19BrO4S/c1-21(2,3)29-20(26)15-30(27,28)19-12-10-18(11-13-19)17-8-6-16(7-9-17)5-4-14-22(23,24)25;1-18(2,3)23-17(20)12-24(21,22)16-10-6-14(7-11-16)13-4-8-15(19)9-5-13/h6-13H,4-5,14-15H2,1-3H3;4-11H,12H2,1-3H3. The van der Waals surface area contributed by atoms with Crippen molar-refractivity contribution in [2.75, 3.05) is 11.5 Å². The second-order valence-corrected chi connectivity index (χ2v) is 19.3. The van der Waals surface area contributed by atoms with Gasteiger partial charge in [-0.25, -0.2) is 16.8 Å². The van der Waals surface area contributed by atoms with E-state index in [-0.39, 0.29) is 16.2 Å². The van der Waals surface area contributed by atoms with Crippen LogP contribution in [0.5, 0.6) is 0 Å². The van der Waals surface area contributed by atoms with Gasteiger partial charge < -0.3 is 9.47 Å². The molecular formula is C40H44BrF3O8S2. The number of sulfone groups is 2. The number of benzene rings is 4. The van der Waals surface area contributed by atoms with Gasteiger partial charge in [0.25, 0.3) is 0 Å². The zero-order chi connectivity index (χ0) is 40.5. The van der Waals surface area contributed by atoms with Crippen molar-refractivity contribution in [3.63, 3.8) is 0 Å². The normalized spacial score (nSPS) is 12.3. The highest BCUT2D eigenvalue weighted by Gasteiger charge is 2.27. The van der Waals surface area contributed by atoms with Gasteiger partial charge in [-0.05, 0) is 119 Å². The Hall–Kier alpha value is -4.01. The summed E-state index contributed by atoms with van der Waals surface area (Å²) >= 11 is 3.38. The zero-order valence-corrected chi connectivity index (χ0v) is 34.1. The van der Waals surface area contributed by atoms with Crippen molar-refractivity contribution in [1.29, 1.82) is 0 Å². The molecule has 0 N–H and O–H groups in total. The number of hydrogen-bond donors (Lipinski definition) is 0. The van der Waals surface area contributed by atoms with Gasteiger partial charge in [0.05, 0.1) is 9.79 Å². The van der Waals surface area contributed by atoms with E-state index >= 15 is 0 Å². The smallest absolute Gasteiger partial charge is 0.389 e. The van der Waals surface area contributed by atoms with Gasteiger partial charge in [-0.15, -0.1) is 0 Å². The average Bonchev–Trinajstić information content (AvgIpc) is 3.03. The van der Waals surface area contributed by atoms with Crippen LogP contribution in [0.25, 0.3) is 22.3 Å². The maximum atomic E-state index is 12.4. The Morgan fingerprint density at radius 2 is 0.870 bits per heavy atom. The van der Waals surface area contributed by atoms with Crippen molar-refractivity contribution < 1.29 is 49.1 Å². The second-order valence-electron chi connectivity index (χ2n) is 14.4. The number of alkyl halides is 3. The lowest BCUT2D eigenvalue weighted by Gasteiger charge is -2.19. The van der Waals surface area contributed by atoms with Crippen molar-refractivity contribution >= 4 is 47.5 Å². The molecule has 0 heterocycles. The number of rotatable bonds is 11. The summed E-state index contributed by atoms with van der Waals surface area (Å²) in [4.78, 5) is 23.7. The highest BCUT2D eigenvalue weighted by molar-refractivity contribution is 9.10. The Labute approximate surface area is 324 Å². The summed E-state index contributed by atoms with van der Waals surface area (Å²) in [6, 6.07) is 27.4. The van der Waals surface area contributed by atoms with E-state index in [0.717, 1.165) is 32.3 Å². The third-order valence-electron chi connectivity index (χ3n) is 7.27. The van der Waals surface area contributed by atoms with Crippen LogP contribution >= 0.6 is 15.9 Å². The Balaban J connectivity index is 0.000000297. The first-order valence-corrected chi connectivity index (χ1v) is 20.9. The summed E-state index contributed by atoms with van der Waals surface area (Å²) in [7, 11) is -7.55. The van der Waals surface area contributed by atoms with Crippen molar-refractivity contribution in [1.82, 2.24) is 0 Å². The molecule has 0 fully saturated rings. The highest BCUT2D eigenvalue weighted by atomic mass is 79.9. The molecule has 14 heteroatoms. The van der Waals surface area contributed by atoms with E-state index in [9.17, 15) is 39.6 Å². The van der Waals surface area contributed by atoms with Crippen LogP contribution in [0.15, 0.2) is 111 Å². The number of ether oxygens (including phenoxy) is 2. The van der Waals surface area contributed by atoms with Crippen molar-refractivity contribution in [2.24, 2.45) is 0 Å². The van der Waals surface area contributed by atoms with E-state index in [0.29, 0.717) is 6.42 Å². The van der Waals surface area contributed by atoms with E-state index in [1.807, 2.05) is 24.3 Å². The van der Waals surface area contributed by atoms with Gasteiger partial charge in [0.1, 0.15) is 11.2 Å². The van der Waals surface area contributed by atoms with Crippen LogP contribution in [0, 0.1) is 0 Å². The molecule has 0 atom stereocenters. The summed E-state index contributed by atoms with van der Waals surface area (Å²) in [5.74, 6) is -2.97. The predicted molar refractivity (Wildman–Crippen MR) is 206 cm³/mol. The lowest BCUT2D eigenvalue weighted by Crippen LogP contribution is -2.28. The molecular weight excluding hydrogens is 809 g/mol. The molecule has 0 saturated carbocycles. The molecule has 4 aromatic rings. The van der Waals surface area contributed by atoms with Crippen LogP contribution in [0.4, 0.5) is 13.2 Å². The van der Waals surface area contributed by atoms with Crippen LogP contribution < -0.4 is 0 Å². The van der Waals surface area contributed by atoms with Crippen molar-refractivity contribution in [2.45, 2.75) is 88.0 Å². The first kappa shape index (κ1) is 44.4. The van der Waals surface area contributed by atoms with Gasteiger partial charge in [0, 0.05) is 10.9 Å². The second kappa shape index (κ2) is 18.1. The molecule has 54 heavy (non-hydrogen) atoms. The minimum absolute atomic E-state index is 0.0147. The molecule has 0 radical (unpaired) electrons. The summed E-state index contributed by atoms with van der Waals surface area (Å²) in [5, 5.41) is 0. The maximum absolute atomic E-state index is 12.4. The summed E-state index contributed by atoms with van der Waals surface area (Å²) in [5.41, 5.74) is 2.78. The largest absolute Gasteiger partial charge is 0.459 e. The molecule has 4 aromatic carbocycles. The molecule has 8 nitrogen and oxygen atoms in total. The molecule has 0 aliphatic rings. The fraction of sp³-hybridized carbons (Fsp3) is 0.350. The number of esters is 2. The number of carbonyl (C=O) groups is 2. The molecule has 0 unspecified atom stereocenters. The molecule has 0 spiro atoms. The van der Waals surface area contributed by atoms with Gasteiger partial charge in [0.15, 0.2) is 31.2 Å². The molecule has 0 aromatic heterocycles. The Bertz CT molecular complexity index is 2080.